The van der Waals surface area contributed by atoms with E-state index < -0.39 is 0 Å². The minimum absolute atomic E-state index is 0.499. The molecule has 0 saturated heterocycles. The molecule has 124 valence electrons. The first-order valence-corrected chi connectivity index (χ1v) is 7.87. The normalized spacial score (nSPS) is 11.0. The summed E-state index contributed by atoms with van der Waals surface area (Å²) in [6, 6.07) is 10.0. The Labute approximate surface area is 146 Å². The van der Waals surface area contributed by atoms with Gasteiger partial charge in [0.2, 0.25) is 0 Å². The SMILES string of the molecule is Cc1ccc(C)c(C#Cc2cnc3c(N/C(C=N)=C/N)cccn23)c1. The summed E-state index contributed by atoms with van der Waals surface area (Å²) in [6.45, 7) is 4.11. The predicted octanol–water partition coefficient (Wildman–Crippen LogP) is 3.21. The summed E-state index contributed by atoms with van der Waals surface area (Å²) in [4.78, 5) is 4.45. The Hall–Kier alpha value is -3.52. The van der Waals surface area contributed by atoms with E-state index in [0.29, 0.717) is 5.70 Å². The van der Waals surface area contributed by atoms with Crippen LogP contribution in [0.1, 0.15) is 22.4 Å². The highest BCUT2D eigenvalue weighted by Crippen LogP contribution is 2.18. The molecule has 1 aromatic carbocycles. The smallest absolute Gasteiger partial charge is 0.161 e. The number of pyridine rings is 1. The Morgan fingerprint density at radius 2 is 2.12 bits per heavy atom. The average molecular weight is 329 g/mol. The number of nitrogens with zero attached hydrogens (tertiary/aromatic N) is 2. The number of aromatic nitrogens is 2. The van der Waals surface area contributed by atoms with Crippen molar-refractivity contribution in [3.8, 4) is 11.8 Å². The molecule has 4 N–H and O–H groups in total. The zero-order chi connectivity index (χ0) is 17.8. The molecular weight excluding hydrogens is 310 g/mol. The molecule has 0 saturated carbocycles. The van der Waals surface area contributed by atoms with Gasteiger partial charge in [0.15, 0.2) is 5.65 Å². The molecule has 2 heterocycles. The van der Waals surface area contributed by atoms with Crippen molar-refractivity contribution >= 4 is 17.5 Å². The second-order valence-electron chi connectivity index (χ2n) is 5.72. The number of hydrogen-bond donors (Lipinski definition) is 3. The molecule has 5 nitrogen and oxygen atoms in total. The highest BCUT2D eigenvalue weighted by Gasteiger charge is 2.06. The number of nitrogens with two attached hydrogens (primary N) is 1. The van der Waals surface area contributed by atoms with Crippen LogP contribution in [0.15, 0.2) is 54.6 Å². The molecule has 0 amide bonds. The number of imidazole rings is 1. The van der Waals surface area contributed by atoms with Gasteiger partial charge in [0.25, 0.3) is 0 Å². The first kappa shape index (κ1) is 16.3. The third kappa shape index (κ3) is 3.38. The van der Waals surface area contributed by atoms with Crippen LogP contribution >= 0.6 is 0 Å². The van der Waals surface area contributed by atoms with Crippen LogP contribution < -0.4 is 11.1 Å². The minimum Gasteiger partial charge on any atom is -0.403 e. The van der Waals surface area contributed by atoms with Crippen LogP contribution in [0.2, 0.25) is 0 Å². The van der Waals surface area contributed by atoms with Gasteiger partial charge in [-0.05, 0) is 49.1 Å². The summed E-state index contributed by atoms with van der Waals surface area (Å²) in [5, 5.41) is 10.4. The fourth-order valence-electron chi connectivity index (χ4n) is 2.48. The number of nitrogens with one attached hydrogen (secondary N) is 2. The number of fused-ring (bicyclic) bond motifs is 1. The van der Waals surface area contributed by atoms with Crippen LogP contribution in [0.4, 0.5) is 5.69 Å². The van der Waals surface area contributed by atoms with Crippen LogP contribution in [-0.2, 0) is 0 Å². The molecule has 3 aromatic rings. The molecule has 2 aromatic heterocycles. The summed E-state index contributed by atoms with van der Waals surface area (Å²) < 4.78 is 1.92. The molecule has 0 aliphatic heterocycles. The van der Waals surface area contributed by atoms with Crippen LogP contribution in [0.5, 0.6) is 0 Å². The zero-order valence-electron chi connectivity index (χ0n) is 14.2. The topological polar surface area (TPSA) is 79.2 Å². The van der Waals surface area contributed by atoms with E-state index in [1.807, 2.05) is 22.7 Å². The van der Waals surface area contributed by atoms with Gasteiger partial charge >= 0.3 is 0 Å². The Bertz CT molecular complexity index is 1030. The van der Waals surface area contributed by atoms with Crippen molar-refractivity contribution in [2.24, 2.45) is 5.73 Å². The quantitative estimate of drug-likeness (QED) is 0.510. The number of anilines is 1. The Morgan fingerprint density at radius 3 is 2.88 bits per heavy atom. The first-order valence-electron chi connectivity index (χ1n) is 7.87. The van der Waals surface area contributed by atoms with E-state index in [2.05, 4.69) is 54.2 Å². The van der Waals surface area contributed by atoms with Gasteiger partial charge in [-0.2, -0.15) is 0 Å². The van der Waals surface area contributed by atoms with Crippen LogP contribution in [0.3, 0.4) is 0 Å². The molecule has 0 atom stereocenters. The number of aryl methyl sites for hydroxylation is 2. The molecule has 0 spiro atoms. The van der Waals surface area contributed by atoms with Crippen molar-refractivity contribution in [1.82, 2.24) is 9.38 Å². The molecule has 0 unspecified atom stereocenters. The van der Waals surface area contributed by atoms with E-state index in [4.69, 9.17) is 11.1 Å². The van der Waals surface area contributed by atoms with Crippen LogP contribution in [0, 0.1) is 31.1 Å². The van der Waals surface area contributed by atoms with Crippen molar-refractivity contribution in [3.63, 3.8) is 0 Å². The molecule has 0 aliphatic rings. The lowest BCUT2D eigenvalue weighted by Gasteiger charge is -2.07. The highest BCUT2D eigenvalue weighted by atomic mass is 15.0. The van der Waals surface area contributed by atoms with Crippen molar-refractivity contribution in [3.05, 3.63) is 77.0 Å². The van der Waals surface area contributed by atoms with Gasteiger partial charge in [-0.15, -0.1) is 0 Å². The predicted molar refractivity (Wildman–Crippen MR) is 102 cm³/mol. The Balaban J connectivity index is 2.01. The largest absolute Gasteiger partial charge is 0.403 e. The van der Waals surface area contributed by atoms with E-state index in [0.717, 1.165) is 34.4 Å². The molecule has 0 fully saturated rings. The average Bonchev–Trinajstić information content (AvgIpc) is 3.04. The summed E-state index contributed by atoms with van der Waals surface area (Å²) in [6.07, 6.45) is 6.17. The monoisotopic (exact) mass is 329 g/mol. The summed E-state index contributed by atoms with van der Waals surface area (Å²) in [5.41, 5.74) is 11.6. The molecule has 0 aliphatic carbocycles. The van der Waals surface area contributed by atoms with Crippen molar-refractivity contribution in [2.75, 3.05) is 5.32 Å². The van der Waals surface area contributed by atoms with Gasteiger partial charge in [0, 0.05) is 24.2 Å². The van der Waals surface area contributed by atoms with E-state index in [9.17, 15) is 0 Å². The fraction of sp³-hybridized carbons (Fsp3) is 0.100. The van der Waals surface area contributed by atoms with Crippen LogP contribution in [0.25, 0.3) is 5.65 Å². The Morgan fingerprint density at radius 1 is 1.28 bits per heavy atom. The van der Waals surface area contributed by atoms with Gasteiger partial charge in [-0.1, -0.05) is 18.1 Å². The van der Waals surface area contributed by atoms with E-state index in [1.54, 1.807) is 6.20 Å². The van der Waals surface area contributed by atoms with Crippen molar-refractivity contribution in [1.29, 1.82) is 5.41 Å². The fourth-order valence-corrected chi connectivity index (χ4v) is 2.48. The van der Waals surface area contributed by atoms with Gasteiger partial charge in [0.05, 0.1) is 17.6 Å². The Kier molecular flexibility index (Phi) is 4.53. The van der Waals surface area contributed by atoms with E-state index >= 15 is 0 Å². The third-order valence-electron chi connectivity index (χ3n) is 3.87. The molecule has 5 heteroatoms. The van der Waals surface area contributed by atoms with Crippen LogP contribution in [-0.4, -0.2) is 15.6 Å². The zero-order valence-corrected chi connectivity index (χ0v) is 14.2. The minimum atomic E-state index is 0.499. The number of benzene rings is 1. The maximum absolute atomic E-state index is 7.34. The summed E-state index contributed by atoms with van der Waals surface area (Å²) >= 11 is 0. The third-order valence-corrected chi connectivity index (χ3v) is 3.87. The van der Waals surface area contributed by atoms with E-state index in [1.165, 1.54) is 11.8 Å². The maximum atomic E-state index is 7.34. The standard InChI is InChI=1S/C20H19N5/c1-14-5-6-15(2)16(10-14)7-8-18-13-23-20-19(4-3-9-25(18)20)24-17(11-21)12-22/h3-6,9-13,21,24H,22H2,1-2H3/b17-12+,21-11?. The molecular formula is C20H19N5. The molecule has 25 heavy (non-hydrogen) atoms. The summed E-state index contributed by atoms with van der Waals surface area (Å²) in [5.74, 6) is 6.43. The highest BCUT2D eigenvalue weighted by molar-refractivity contribution is 5.84. The van der Waals surface area contributed by atoms with Crippen molar-refractivity contribution < 1.29 is 0 Å². The molecule has 0 bridgehead atoms. The van der Waals surface area contributed by atoms with Gasteiger partial charge < -0.3 is 16.5 Å². The number of hydrogen-bond acceptors (Lipinski definition) is 4. The lowest BCUT2D eigenvalue weighted by molar-refractivity contribution is 1.16. The number of rotatable bonds is 3. The molecule has 0 radical (unpaired) electrons. The second-order valence-corrected chi connectivity index (χ2v) is 5.72. The maximum Gasteiger partial charge on any atom is 0.161 e. The van der Waals surface area contributed by atoms with E-state index in [-0.39, 0.29) is 0 Å². The lowest BCUT2D eigenvalue weighted by atomic mass is 10.1. The second kappa shape index (κ2) is 6.93. The number of allylic oxidation sites excluding steroid dienone is 1. The molecule has 3 rings (SSSR count). The van der Waals surface area contributed by atoms with Gasteiger partial charge in [-0.25, -0.2) is 4.98 Å². The van der Waals surface area contributed by atoms with Gasteiger partial charge in [-0.3, -0.25) is 4.40 Å². The van der Waals surface area contributed by atoms with Gasteiger partial charge in [0.1, 0.15) is 5.69 Å². The summed E-state index contributed by atoms with van der Waals surface area (Å²) in [7, 11) is 0. The lowest BCUT2D eigenvalue weighted by Crippen LogP contribution is -2.04. The van der Waals surface area contributed by atoms with Crippen molar-refractivity contribution in [2.45, 2.75) is 13.8 Å². The first-order chi connectivity index (χ1) is 12.1.